The van der Waals surface area contributed by atoms with Gasteiger partial charge in [0.15, 0.2) is 5.41 Å². The Morgan fingerprint density at radius 3 is 1.90 bits per heavy atom. The van der Waals surface area contributed by atoms with E-state index >= 15 is 0 Å². The highest BCUT2D eigenvalue weighted by atomic mass is 16.7. The molecule has 2 aromatic rings. The maximum atomic E-state index is 13.3. The molecule has 0 aromatic heterocycles. The van der Waals surface area contributed by atoms with Crippen LogP contribution in [-0.4, -0.2) is 31.9 Å². The second-order valence-corrected chi connectivity index (χ2v) is 7.68. The zero-order valence-electron chi connectivity index (χ0n) is 17.4. The van der Waals surface area contributed by atoms with E-state index in [9.17, 15) is 9.59 Å². The van der Waals surface area contributed by atoms with Crippen LogP contribution < -0.4 is 9.47 Å². The summed E-state index contributed by atoms with van der Waals surface area (Å²) in [5, 5.41) is 0. The molecule has 0 saturated carbocycles. The van der Waals surface area contributed by atoms with Gasteiger partial charge in [-0.25, -0.2) is 0 Å². The number of esters is 2. The maximum Gasteiger partial charge on any atom is 0.327 e. The summed E-state index contributed by atoms with van der Waals surface area (Å²) in [4.78, 5) is 26.6. The Balaban J connectivity index is 2.13. The molecule has 0 N–H and O–H groups in total. The number of methoxy groups -OCH3 is 2. The molecule has 154 valence electrons. The quantitative estimate of drug-likeness (QED) is 0.543. The van der Waals surface area contributed by atoms with Crippen molar-refractivity contribution < 1.29 is 28.5 Å². The Hall–Kier alpha value is -3.02. The molecule has 3 rings (SSSR count). The Morgan fingerprint density at radius 1 is 0.897 bits per heavy atom. The van der Waals surface area contributed by atoms with Gasteiger partial charge in [0.25, 0.3) is 5.79 Å². The third kappa shape index (κ3) is 3.92. The molecule has 0 aliphatic carbocycles. The van der Waals surface area contributed by atoms with Crippen LogP contribution in [0.5, 0.6) is 11.5 Å². The average Bonchev–Trinajstić information content (AvgIpc) is 2.70. The average molecular weight is 398 g/mol. The van der Waals surface area contributed by atoms with Gasteiger partial charge in [0.1, 0.15) is 11.5 Å². The van der Waals surface area contributed by atoms with Crippen LogP contribution in [-0.2, 0) is 25.5 Å². The van der Waals surface area contributed by atoms with E-state index in [1.807, 2.05) is 37.3 Å². The van der Waals surface area contributed by atoms with Crippen LogP contribution in [0.2, 0.25) is 0 Å². The van der Waals surface area contributed by atoms with Crippen LogP contribution >= 0.6 is 0 Å². The molecule has 0 amide bonds. The molecule has 29 heavy (non-hydrogen) atoms. The molecule has 0 radical (unpaired) electrons. The Morgan fingerprint density at radius 2 is 1.41 bits per heavy atom. The molecule has 1 aliphatic rings. The second-order valence-electron chi connectivity index (χ2n) is 7.68. The lowest BCUT2D eigenvalue weighted by molar-refractivity contribution is -0.252. The number of carbonyl (C=O) groups excluding carboxylic acids is 2. The van der Waals surface area contributed by atoms with Crippen molar-refractivity contribution in [3.8, 4) is 11.5 Å². The van der Waals surface area contributed by atoms with E-state index < -0.39 is 29.1 Å². The molecular weight excluding hydrogens is 372 g/mol. The highest BCUT2D eigenvalue weighted by Crippen LogP contribution is 2.47. The minimum Gasteiger partial charge on any atom is -0.497 e. The van der Waals surface area contributed by atoms with E-state index in [1.54, 1.807) is 46.3 Å². The molecule has 6 nitrogen and oxygen atoms in total. The van der Waals surface area contributed by atoms with Crippen molar-refractivity contribution in [1.29, 1.82) is 0 Å². The zero-order chi connectivity index (χ0) is 21.2. The first-order chi connectivity index (χ1) is 13.7. The fraction of sp³-hybridized carbons (Fsp3) is 0.391. The van der Waals surface area contributed by atoms with Gasteiger partial charge in [-0.2, -0.15) is 0 Å². The van der Waals surface area contributed by atoms with Crippen molar-refractivity contribution in [1.82, 2.24) is 0 Å². The van der Waals surface area contributed by atoms with Gasteiger partial charge in [-0.15, -0.1) is 0 Å². The number of rotatable bonds is 6. The number of ether oxygens (including phenoxy) is 4. The summed E-state index contributed by atoms with van der Waals surface area (Å²) in [6.07, 6.45) is 0.155. The lowest BCUT2D eigenvalue weighted by atomic mass is 9.68. The Kier molecular flexibility index (Phi) is 5.55. The zero-order valence-corrected chi connectivity index (χ0v) is 17.4. The van der Waals surface area contributed by atoms with Crippen molar-refractivity contribution in [3.63, 3.8) is 0 Å². The van der Waals surface area contributed by atoms with Gasteiger partial charge < -0.3 is 18.9 Å². The summed E-state index contributed by atoms with van der Waals surface area (Å²) in [5.41, 5.74) is 0.0161. The van der Waals surface area contributed by atoms with E-state index in [0.717, 1.165) is 5.56 Å². The van der Waals surface area contributed by atoms with E-state index in [-0.39, 0.29) is 6.42 Å². The fourth-order valence-electron chi connectivity index (χ4n) is 3.67. The lowest BCUT2D eigenvalue weighted by Crippen LogP contribution is -2.57. The van der Waals surface area contributed by atoms with E-state index in [2.05, 4.69) is 0 Å². The summed E-state index contributed by atoms with van der Waals surface area (Å²) in [6.45, 7) is 4.92. The highest BCUT2D eigenvalue weighted by molar-refractivity contribution is 6.03. The molecule has 1 saturated heterocycles. The first kappa shape index (κ1) is 20.7. The number of cyclic esters (lactones) is 2. The van der Waals surface area contributed by atoms with E-state index in [4.69, 9.17) is 18.9 Å². The molecule has 6 heteroatoms. The number of hydrogen-bond acceptors (Lipinski definition) is 6. The van der Waals surface area contributed by atoms with Crippen molar-refractivity contribution in [2.75, 3.05) is 14.2 Å². The molecule has 0 spiro atoms. The third-order valence-corrected chi connectivity index (χ3v) is 5.34. The summed E-state index contributed by atoms with van der Waals surface area (Å²) in [6, 6.07) is 14.7. The Bertz CT molecular complexity index is 861. The minimum absolute atomic E-state index is 0.155. The van der Waals surface area contributed by atoms with Crippen LogP contribution in [0, 0.1) is 5.41 Å². The number of benzene rings is 2. The summed E-state index contributed by atoms with van der Waals surface area (Å²) >= 11 is 0. The van der Waals surface area contributed by atoms with Crippen LogP contribution in [0.15, 0.2) is 48.5 Å². The molecule has 0 bridgehead atoms. The van der Waals surface area contributed by atoms with Crippen LogP contribution in [0.1, 0.15) is 37.8 Å². The van der Waals surface area contributed by atoms with Crippen LogP contribution in [0.3, 0.4) is 0 Å². The van der Waals surface area contributed by atoms with Gasteiger partial charge >= 0.3 is 11.9 Å². The molecular formula is C23H26O6. The van der Waals surface area contributed by atoms with E-state index in [0.29, 0.717) is 17.1 Å². The van der Waals surface area contributed by atoms with Crippen molar-refractivity contribution in [3.05, 3.63) is 59.7 Å². The van der Waals surface area contributed by atoms with Gasteiger partial charge in [-0.05, 0) is 29.7 Å². The molecule has 1 aliphatic heterocycles. The summed E-state index contributed by atoms with van der Waals surface area (Å²) in [5.74, 6) is -1.92. The Labute approximate surface area is 170 Å². The minimum atomic E-state index is -1.53. The smallest absolute Gasteiger partial charge is 0.327 e. The number of carbonyl (C=O) groups is 2. The fourth-order valence-corrected chi connectivity index (χ4v) is 3.67. The summed E-state index contributed by atoms with van der Waals surface area (Å²) in [7, 11) is 3.10. The first-order valence-corrected chi connectivity index (χ1v) is 9.45. The predicted octanol–water partition coefficient (Wildman–Crippen LogP) is 3.87. The van der Waals surface area contributed by atoms with Gasteiger partial charge in [0, 0.05) is 25.8 Å². The SMILES string of the molecule is COc1cc(OC)cc(C(C)C2(Cc3ccccc3)C(=O)OC(C)(C)OC2=O)c1. The van der Waals surface area contributed by atoms with Gasteiger partial charge in [0.2, 0.25) is 0 Å². The monoisotopic (exact) mass is 398 g/mol. The third-order valence-electron chi connectivity index (χ3n) is 5.34. The van der Waals surface area contributed by atoms with Gasteiger partial charge in [-0.1, -0.05) is 37.3 Å². The van der Waals surface area contributed by atoms with Gasteiger partial charge in [-0.3, -0.25) is 9.59 Å². The largest absolute Gasteiger partial charge is 0.497 e. The molecule has 1 heterocycles. The predicted molar refractivity (Wildman–Crippen MR) is 107 cm³/mol. The van der Waals surface area contributed by atoms with Crippen LogP contribution in [0.25, 0.3) is 0 Å². The van der Waals surface area contributed by atoms with Crippen molar-refractivity contribution in [2.24, 2.45) is 5.41 Å². The van der Waals surface area contributed by atoms with Crippen molar-refractivity contribution in [2.45, 2.75) is 38.9 Å². The number of hydrogen-bond donors (Lipinski definition) is 0. The van der Waals surface area contributed by atoms with Crippen LogP contribution in [0.4, 0.5) is 0 Å². The standard InChI is InChI=1S/C23H26O6/c1-15(17-11-18(26-4)13-19(12-17)27-5)23(14-16-9-7-6-8-10-16)20(24)28-22(2,3)29-21(23)25/h6-13,15H,14H2,1-5H3. The first-order valence-electron chi connectivity index (χ1n) is 9.45. The highest BCUT2D eigenvalue weighted by Gasteiger charge is 2.59. The van der Waals surface area contributed by atoms with Gasteiger partial charge in [0.05, 0.1) is 14.2 Å². The molecule has 1 fully saturated rings. The normalized spacial score (nSPS) is 18.4. The molecule has 1 unspecified atom stereocenters. The topological polar surface area (TPSA) is 71.1 Å². The van der Waals surface area contributed by atoms with Crippen molar-refractivity contribution >= 4 is 11.9 Å². The maximum absolute atomic E-state index is 13.3. The molecule has 1 atom stereocenters. The molecule has 2 aromatic carbocycles. The summed E-state index contributed by atoms with van der Waals surface area (Å²) < 4.78 is 21.8. The lowest BCUT2D eigenvalue weighted by Gasteiger charge is -2.43. The van der Waals surface area contributed by atoms with E-state index in [1.165, 1.54) is 0 Å². The second kappa shape index (κ2) is 7.78.